The molecule has 0 saturated carbocycles. The molecule has 0 aromatic heterocycles. The maximum Gasteiger partial charge on any atom is 0.213 e. The van der Waals surface area contributed by atoms with Gasteiger partial charge in [0.15, 0.2) is 0 Å². The van der Waals surface area contributed by atoms with Gasteiger partial charge in [0.1, 0.15) is 9.84 Å². The molecule has 1 aromatic rings. The van der Waals surface area contributed by atoms with Crippen molar-refractivity contribution in [2.75, 3.05) is 17.8 Å². The molecule has 108 valence electrons. The fourth-order valence-electron chi connectivity index (χ4n) is 1.43. The molecule has 19 heavy (non-hydrogen) atoms. The third kappa shape index (κ3) is 6.51. The molecule has 1 N–H and O–H groups in total. The second kappa shape index (κ2) is 6.34. The van der Waals surface area contributed by atoms with Crippen LogP contribution < -0.4 is 4.72 Å². The first-order valence-electron chi connectivity index (χ1n) is 5.52. The lowest BCUT2D eigenvalue weighted by Crippen LogP contribution is -2.31. The van der Waals surface area contributed by atoms with Gasteiger partial charge in [-0.15, -0.1) is 0 Å². The quantitative estimate of drug-likeness (QED) is 0.823. The second-order valence-electron chi connectivity index (χ2n) is 4.34. The lowest BCUT2D eigenvalue weighted by Gasteiger charge is -2.14. The Morgan fingerprint density at radius 1 is 1.21 bits per heavy atom. The summed E-state index contributed by atoms with van der Waals surface area (Å²) in [5.41, 5.74) is 0.803. The van der Waals surface area contributed by atoms with Gasteiger partial charge in [-0.3, -0.25) is 0 Å². The highest BCUT2D eigenvalue weighted by Crippen LogP contribution is 2.18. The van der Waals surface area contributed by atoms with Crippen LogP contribution in [0.1, 0.15) is 18.5 Å². The van der Waals surface area contributed by atoms with Gasteiger partial charge in [0.05, 0.1) is 11.5 Å². The molecule has 1 unspecified atom stereocenters. The first-order valence-corrected chi connectivity index (χ1v) is 10.0. The molecular formula is C11H16BrNO4S2. The zero-order valence-corrected chi connectivity index (χ0v) is 13.8. The van der Waals surface area contributed by atoms with Crippen LogP contribution >= 0.6 is 15.9 Å². The van der Waals surface area contributed by atoms with Crippen molar-refractivity contribution in [2.45, 2.75) is 13.0 Å². The maximum atomic E-state index is 11.8. The Kier molecular flexibility index (Phi) is 5.54. The molecule has 8 heteroatoms. The van der Waals surface area contributed by atoms with Crippen LogP contribution in [0, 0.1) is 0 Å². The van der Waals surface area contributed by atoms with E-state index in [1.165, 1.54) is 0 Å². The first-order chi connectivity index (χ1) is 8.59. The van der Waals surface area contributed by atoms with Crippen molar-refractivity contribution in [1.29, 1.82) is 0 Å². The highest BCUT2D eigenvalue weighted by molar-refractivity contribution is 9.10. The van der Waals surface area contributed by atoms with Crippen molar-refractivity contribution >= 4 is 35.8 Å². The smallest absolute Gasteiger partial charge is 0.213 e. The van der Waals surface area contributed by atoms with Crippen molar-refractivity contribution in [1.82, 2.24) is 4.72 Å². The Morgan fingerprint density at radius 3 is 2.37 bits per heavy atom. The molecule has 0 aliphatic carbocycles. The topological polar surface area (TPSA) is 80.3 Å². The van der Waals surface area contributed by atoms with Gasteiger partial charge in [0.25, 0.3) is 0 Å². The summed E-state index contributed by atoms with van der Waals surface area (Å²) in [5.74, 6) is -0.808. The van der Waals surface area contributed by atoms with Gasteiger partial charge in [-0.25, -0.2) is 21.6 Å². The largest absolute Gasteiger partial charge is 0.229 e. The Hall–Kier alpha value is -0.440. The molecule has 0 spiro atoms. The van der Waals surface area contributed by atoms with Crippen molar-refractivity contribution < 1.29 is 16.8 Å². The second-order valence-corrected chi connectivity index (χ2v) is 9.39. The minimum absolute atomic E-state index is 0.381. The maximum absolute atomic E-state index is 11.8. The van der Waals surface area contributed by atoms with E-state index in [1.54, 1.807) is 19.1 Å². The molecule has 0 bridgehead atoms. The molecule has 0 amide bonds. The van der Waals surface area contributed by atoms with Crippen LogP contribution in [0.5, 0.6) is 0 Å². The lowest BCUT2D eigenvalue weighted by atomic mass is 10.1. The van der Waals surface area contributed by atoms with E-state index >= 15 is 0 Å². The molecule has 0 radical (unpaired) electrons. The van der Waals surface area contributed by atoms with Gasteiger partial charge in [-0.05, 0) is 24.6 Å². The van der Waals surface area contributed by atoms with Crippen LogP contribution in [-0.2, 0) is 19.9 Å². The molecule has 1 atom stereocenters. The van der Waals surface area contributed by atoms with Crippen molar-refractivity contribution in [3.05, 3.63) is 34.3 Å². The average Bonchev–Trinajstić information content (AvgIpc) is 2.25. The monoisotopic (exact) mass is 369 g/mol. The molecule has 0 heterocycles. The van der Waals surface area contributed by atoms with Crippen LogP contribution in [0.3, 0.4) is 0 Å². The third-order valence-corrected chi connectivity index (χ3v) is 5.58. The number of rotatable bonds is 6. The van der Waals surface area contributed by atoms with Gasteiger partial charge in [-0.1, -0.05) is 28.1 Å². The van der Waals surface area contributed by atoms with E-state index in [0.29, 0.717) is 0 Å². The summed E-state index contributed by atoms with van der Waals surface area (Å²) in [4.78, 5) is 0. The SMILES string of the molecule is CC(NS(=O)(=O)CCS(C)(=O)=O)c1cccc(Br)c1. The predicted molar refractivity (Wildman–Crippen MR) is 79.2 cm³/mol. The summed E-state index contributed by atoms with van der Waals surface area (Å²) in [6, 6.07) is 6.84. The molecule has 0 saturated heterocycles. The van der Waals surface area contributed by atoms with Crippen LogP contribution in [0.15, 0.2) is 28.7 Å². The normalized spacial score (nSPS) is 14.3. The molecule has 0 aliphatic rings. The van der Waals surface area contributed by atoms with E-state index in [2.05, 4.69) is 20.7 Å². The van der Waals surface area contributed by atoms with Gasteiger partial charge >= 0.3 is 0 Å². The lowest BCUT2D eigenvalue weighted by molar-refractivity contribution is 0.566. The zero-order valence-electron chi connectivity index (χ0n) is 10.6. The Balaban J connectivity index is 2.73. The highest BCUT2D eigenvalue weighted by Gasteiger charge is 2.18. The summed E-state index contributed by atoms with van der Waals surface area (Å²) in [7, 11) is -6.91. The summed E-state index contributed by atoms with van der Waals surface area (Å²) in [5, 5.41) is 0. The number of hydrogen-bond donors (Lipinski definition) is 1. The van der Waals surface area contributed by atoms with E-state index in [4.69, 9.17) is 0 Å². The van der Waals surface area contributed by atoms with Crippen LogP contribution in [0.25, 0.3) is 0 Å². The number of sulfonamides is 1. The molecule has 0 fully saturated rings. The van der Waals surface area contributed by atoms with Gasteiger partial charge in [0, 0.05) is 16.8 Å². The fraction of sp³-hybridized carbons (Fsp3) is 0.455. The van der Waals surface area contributed by atoms with E-state index < -0.39 is 31.7 Å². The van der Waals surface area contributed by atoms with E-state index in [9.17, 15) is 16.8 Å². The molecule has 1 rings (SSSR count). The summed E-state index contributed by atoms with van der Waals surface area (Å²) < 4.78 is 48.8. The fourth-order valence-corrected chi connectivity index (χ4v) is 4.73. The standard InChI is InChI=1S/C11H16BrNO4S2/c1-9(10-4-3-5-11(12)8-10)13-19(16,17)7-6-18(2,14)15/h3-5,8-9,13H,6-7H2,1-2H3. The molecular weight excluding hydrogens is 354 g/mol. The predicted octanol–water partition coefficient (Wildman–Crippen LogP) is 1.47. The zero-order chi connectivity index (χ0) is 14.7. The molecule has 1 aromatic carbocycles. The average molecular weight is 370 g/mol. The molecule has 0 aliphatic heterocycles. The minimum Gasteiger partial charge on any atom is -0.229 e. The number of hydrogen-bond acceptors (Lipinski definition) is 4. The highest BCUT2D eigenvalue weighted by atomic mass is 79.9. The van der Waals surface area contributed by atoms with Crippen molar-refractivity contribution in [2.24, 2.45) is 0 Å². The van der Waals surface area contributed by atoms with E-state index in [1.807, 2.05) is 12.1 Å². The van der Waals surface area contributed by atoms with Crippen LogP contribution in [-0.4, -0.2) is 34.6 Å². The van der Waals surface area contributed by atoms with Crippen LogP contribution in [0.4, 0.5) is 0 Å². The summed E-state index contributed by atoms with van der Waals surface area (Å²) in [6.45, 7) is 1.71. The Labute approximate surface area is 122 Å². The van der Waals surface area contributed by atoms with Crippen molar-refractivity contribution in [3.8, 4) is 0 Å². The van der Waals surface area contributed by atoms with Gasteiger partial charge < -0.3 is 0 Å². The number of benzene rings is 1. The number of halogens is 1. The Bertz CT molecular complexity index is 640. The third-order valence-electron chi connectivity index (χ3n) is 2.43. The van der Waals surface area contributed by atoms with Crippen molar-refractivity contribution in [3.63, 3.8) is 0 Å². The van der Waals surface area contributed by atoms with Gasteiger partial charge in [-0.2, -0.15) is 0 Å². The minimum atomic E-state index is -3.62. The number of nitrogens with one attached hydrogen (secondary N) is 1. The van der Waals surface area contributed by atoms with Gasteiger partial charge in [0.2, 0.25) is 10.0 Å². The first kappa shape index (κ1) is 16.6. The van der Waals surface area contributed by atoms with Crippen LogP contribution in [0.2, 0.25) is 0 Å². The summed E-state index contributed by atoms with van der Waals surface area (Å²) >= 11 is 3.31. The summed E-state index contributed by atoms with van der Waals surface area (Å²) in [6.07, 6.45) is 1.01. The van der Waals surface area contributed by atoms with E-state index in [0.717, 1.165) is 16.3 Å². The Morgan fingerprint density at radius 2 is 1.84 bits per heavy atom. The van der Waals surface area contributed by atoms with E-state index in [-0.39, 0.29) is 5.75 Å². The molecule has 5 nitrogen and oxygen atoms in total. The number of sulfone groups is 1.